The minimum Gasteiger partial charge on any atom is -0.461 e. The van der Waals surface area contributed by atoms with Crippen molar-refractivity contribution >= 4 is 28.3 Å². The largest absolute Gasteiger partial charge is 0.461 e. The smallest absolute Gasteiger partial charge is 0.355 e. The first kappa shape index (κ1) is 15.3. The first-order valence-electron chi connectivity index (χ1n) is 7.20. The molecule has 116 valence electrons. The number of benzene rings is 2. The summed E-state index contributed by atoms with van der Waals surface area (Å²) >= 11 is 6.19. The number of carbonyl (C=O) groups is 1. The lowest BCUT2D eigenvalue weighted by molar-refractivity contribution is 0.0516. The Morgan fingerprint density at radius 3 is 2.57 bits per heavy atom. The lowest BCUT2D eigenvalue weighted by Gasteiger charge is -2.14. The normalized spacial score (nSPS) is 10.7. The fourth-order valence-corrected chi connectivity index (χ4v) is 2.77. The highest BCUT2D eigenvalue weighted by Crippen LogP contribution is 2.23. The van der Waals surface area contributed by atoms with Gasteiger partial charge in [0.2, 0.25) is 0 Å². The average molecular weight is 328 g/mol. The zero-order chi connectivity index (χ0) is 16.4. The highest BCUT2D eigenvalue weighted by Gasteiger charge is 2.19. The van der Waals surface area contributed by atoms with Gasteiger partial charge in [-0.05, 0) is 36.6 Å². The van der Waals surface area contributed by atoms with Crippen LogP contribution >= 0.6 is 11.6 Å². The van der Waals surface area contributed by atoms with E-state index in [1.807, 2.05) is 6.07 Å². The summed E-state index contributed by atoms with van der Waals surface area (Å²) in [5.74, 6) is -0.546. The van der Waals surface area contributed by atoms with Crippen LogP contribution in [0.2, 0.25) is 5.02 Å². The van der Waals surface area contributed by atoms with Gasteiger partial charge in [0, 0.05) is 5.69 Å². The molecular formula is C18H14ClNO3. The molecule has 0 atom stereocenters. The molecule has 5 heteroatoms. The fourth-order valence-electron chi connectivity index (χ4n) is 2.51. The van der Waals surface area contributed by atoms with Crippen LogP contribution in [0.15, 0.2) is 59.4 Å². The predicted molar refractivity (Wildman–Crippen MR) is 90.5 cm³/mol. The Morgan fingerprint density at radius 1 is 1.13 bits per heavy atom. The Balaban J connectivity index is 2.41. The molecule has 0 amide bonds. The second kappa shape index (κ2) is 6.26. The minimum atomic E-state index is -0.546. The Kier molecular flexibility index (Phi) is 4.17. The Bertz CT molecular complexity index is 932. The maximum atomic E-state index is 13.0. The quantitative estimate of drug-likeness (QED) is 0.687. The standard InChI is InChI=1S/C18H14ClNO3/c1-2-23-18(22)15-11-12-7-6-10-14(19)16(12)17(21)20(15)13-8-4-3-5-9-13/h3-11H,2H2,1H3. The highest BCUT2D eigenvalue weighted by atomic mass is 35.5. The maximum absolute atomic E-state index is 13.0. The van der Waals surface area contributed by atoms with Gasteiger partial charge in [0.05, 0.1) is 17.0 Å². The van der Waals surface area contributed by atoms with E-state index in [-0.39, 0.29) is 17.9 Å². The van der Waals surface area contributed by atoms with E-state index in [1.54, 1.807) is 55.5 Å². The van der Waals surface area contributed by atoms with Crippen LogP contribution in [0.1, 0.15) is 17.4 Å². The molecule has 0 spiro atoms. The SMILES string of the molecule is CCOC(=O)c1cc2cccc(Cl)c2c(=O)n1-c1ccccc1. The van der Waals surface area contributed by atoms with Gasteiger partial charge in [0.25, 0.3) is 5.56 Å². The number of rotatable bonds is 3. The van der Waals surface area contributed by atoms with E-state index in [0.717, 1.165) is 0 Å². The van der Waals surface area contributed by atoms with Crippen LogP contribution in [-0.2, 0) is 4.74 Å². The molecule has 23 heavy (non-hydrogen) atoms. The molecule has 0 aliphatic carbocycles. The Morgan fingerprint density at radius 2 is 1.87 bits per heavy atom. The number of fused-ring (bicyclic) bond motifs is 1. The van der Waals surface area contributed by atoms with Crippen LogP contribution in [0.3, 0.4) is 0 Å². The van der Waals surface area contributed by atoms with Crippen molar-refractivity contribution in [2.45, 2.75) is 6.92 Å². The van der Waals surface area contributed by atoms with Crippen molar-refractivity contribution in [3.8, 4) is 5.69 Å². The van der Waals surface area contributed by atoms with Crippen molar-refractivity contribution in [3.63, 3.8) is 0 Å². The van der Waals surface area contributed by atoms with Gasteiger partial charge in [0.15, 0.2) is 0 Å². The first-order chi connectivity index (χ1) is 11.1. The third kappa shape index (κ3) is 2.73. The molecule has 4 nitrogen and oxygen atoms in total. The summed E-state index contributed by atoms with van der Waals surface area (Å²) in [7, 11) is 0. The molecule has 1 heterocycles. The second-order valence-electron chi connectivity index (χ2n) is 4.93. The molecule has 0 saturated carbocycles. The third-order valence-electron chi connectivity index (χ3n) is 3.49. The van der Waals surface area contributed by atoms with E-state index in [4.69, 9.17) is 16.3 Å². The number of para-hydroxylation sites is 1. The van der Waals surface area contributed by atoms with Crippen molar-refractivity contribution in [2.75, 3.05) is 6.61 Å². The van der Waals surface area contributed by atoms with E-state index in [0.29, 0.717) is 21.5 Å². The molecular weight excluding hydrogens is 314 g/mol. The highest BCUT2D eigenvalue weighted by molar-refractivity contribution is 6.35. The van der Waals surface area contributed by atoms with Crippen LogP contribution < -0.4 is 5.56 Å². The first-order valence-corrected chi connectivity index (χ1v) is 7.58. The number of nitrogens with zero attached hydrogens (tertiary/aromatic N) is 1. The van der Waals surface area contributed by atoms with Crippen molar-refractivity contribution in [3.05, 3.63) is 75.7 Å². The predicted octanol–water partition coefficient (Wildman–Crippen LogP) is 3.82. The van der Waals surface area contributed by atoms with E-state index in [2.05, 4.69) is 0 Å². The van der Waals surface area contributed by atoms with Gasteiger partial charge >= 0.3 is 5.97 Å². The van der Waals surface area contributed by atoms with Crippen molar-refractivity contribution in [1.29, 1.82) is 0 Å². The molecule has 0 aliphatic heterocycles. The van der Waals surface area contributed by atoms with Gasteiger partial charge < -0.3 is 4.74 Å². The maximum Gasteiger partial charge on any atom is 0.355 e. The summed E-state index contributed by atoms with van der Waals surface area (Å²) in [6.45, 7) is 1.95. The number of esters is 1. The molecule has 0 N–H and O–H groups in total. The number of hydrogen-bond donors (Lipinski definition) is 0. The zero-order valence-corrected chi connectivity index (χ0v) is 13.2. The molecule has 0 radical (unpaired) electrons. The lowest BCUT2D eigenvalue weighted by Crippen LogP contribution is -2.25. The molecule has 2 aromatic carbocycles. The summed E-state index contributed by atoms with van der Waals surface area (Å²) in [5, 5.41) is 1.34. The lowest BCUT2D eigenvalue weighted by atomic mass is 10.1. The fraction of sp³-hybridized carbons (Fsp3) is 0.111. The van der Waals surface area contributed by atoms with E-state index in [1.165, 1.54) is 4.57 Å². The minimum absolute atomic E-state index is 0.179. The van der Waals surface area contributed by atoms with Crippen LogP contribution in [0, 0.1) is 0 Å². The van der Waals surface area contributed by atoms with Gasteiger partial charge in [-0.2, -0.15) is 0 Å². The number of hydrogen-bond acceptors (Lipinski definition) is 3. The number of ether oxygens (including phenoxy) is 1. The third-order valence-corrected chi connectivity index (χ3v) is 3.81. The van der Waals surface area contributed by atoms with Gasteiger partial charge in [-0.15, -0.1) is 0 Å². The van der Waals surface area contributed by atoms with Crippen LogP contribution in [0.4, 0.5) is 0 Å². The van der Waals surface area contributed by atoms with Gasteiger partial charge in [-0.25, -0.2) is 4.79 Å². The van der Waals surface area contributed by atoms with Crippen LogP contribution in [0.5, 0.6) is 0 Å². The van der Waals surface area contributed by atoms with E-state index in [9.17, 15) is 9.59 Å². The van der Waals surface area contributed by atoms with Gasteiger partial charge in [-0.3, -0.25) is 9.36 Å². The van der Waals surface area contributed by atoms with Crippen molar-refractivity contribution < 1.29 is 9.53 Å². The van der Waals surface area contributed by atoms with Crippen LogP contribution in [0.25, 0.3) is 16.5 Å². The van der Waals surface area contributed by atoms with Crippen molar-refractivity contribution in [1.82, 2.24) is 4.57 Å². The summed E-state index contributed by atoms with van der Waals surface area (Å²) in [4.78, 5) is 25.3. The Labute approximate surface area is 137 Å². The van der Waals surface area contributed by atoms with Crippen LogP contribution in [-0.4, -0.2) is 17.1 Å². The molecule has 0 unspecified atom stereocenters. The number of halogens is 1. The molecule has 0 bridgehead atoms. The van der Waals surface area contributed by atoms with E-state index < -0.39 is 5.97 Å². The van der Waals surface area contributed by atoms with E-state index >= 15 is 0 Å². The number of aromatic nitrogens is 1. The summed E-state index contributed by atoms with van der Waals surface area (Å²) in [6.07, 6.45) is 0. The monoisotopic (exact) mass is 327 g/mol. The molecule has 3 aromatic rings. The summed E-state index contributed by atoms with van der Waals surface area (Å²) < 4.78 is 6.43. The summed E-state index contributed by atoms with van der Waals surface area (Å²) in [6, 6.07) is 15.7. The number of pyridine rings is 1. The topological polar surface area (TPSA) is 48.3 Å². The zero-order valence-electron chi connectivity index (χ0n) is 12.5. The van der Waals surface area contributed by atoms with Gasteiger partial charge in [0.1, 0.15) is 5.69 Å². The number of carbonyl (C=O) groups excluding carboxylic acids is 1. The average Bonchev–Trinajstić information content (AvgIpc) is 2.55. The molecule has 1 aromatic heterocycles. The molecule has 0 aliphatic rings. The molecule has 0 fully saturated rings. The van der Waals surface area contributed by atoms with Gasteiger partial charge in [-0.1, -0.05) is 41.9 Å². The molecule has 0 saturated heterocycles. The van der Waals surface area contributed by atoms with Crippen molar-refractivity contribution in [2.24, 2.45) is 0 Å². The Hall–Kier alpha value is -2.59. The summed E-state index contributed by atoms with van der Waals surface area (Å²) in [5.41, 5.74) is 0.419. The molecule has 3 rings (SSSR count). The second-order valence-corrected chi connectivity index (χ2v) is 5.34.